The Bertz CT molecular complexity index is 635. The molecule has 3 rings (SSSR count). The third-order valence-corrected chi connectivity index (χ3v) is 4.10. The van der Waals surface area contributed by atoms with Crippen molar-refractivity contribution in [3.63, 3.8) is 0 Å². The van der Waals surface area contributed by atoms with Crippen LogP contribution in [0.25, 0.3) is 0 Å². The third-order valence-electron chi connectivity index (χ3n) is 2.51. The van der Waals surface area contributed by atoms with Crippen molar-refractivity contribution in [2.75, 3.05) is 0 Å². The maximum atomic E-state index is 10.7. The van der Waals surface area contributed by atoms with Crippen LogP contribution in [-0.4, -0.2) is 8.42 Å². The molecular formula is C13H10Cl2O2S. The first kappa shape index (κ1) is 13.4. The van der Waals surface area contributed by atoms with E-state index in [1.165, 1.54) is 35.8 Å². The molecule has 1 aromatic rings. The quantitative estimate of drug-likeness (QED) is 0.732. The largest absolute Gasteiger partial charge is 0.261 e. The molecule has 0 aromatic heterocycles. The third kappa shape index (κ3) is 3.48. The molecule has 0 fully saturated rings. The zero-order valence-corrected chi connectivity index (χ0v) is 11.6. The Morgan fingerprint density at radius 3 is 1.94 bits per heavy atom. The Kier molecular flexibility index (Phi) is 3.95. The Morgan fingerprint density at radius 2 is 1.67 bits per heavy atom. The molecule has 0 spiro atoms. The number of rotatable bonds is 1. The summed E-state index contributed by atoms with van der Waals surface area (Å²) in [5, 5.41) is 0.353. The van der Waals surface area contributed by atoms with Gasteiger partial charge in [0.05, 0.1) is 4.90 Å². The van der Waals surface area contributed by atoms with Gasteiger partial charge >= 0.3 is 0 Å². The van der Waals surface area contributed by atoms with E-state index in [1.807, 2.05) is 0 Å². The average Bonchev–Trinajstić information content (AvgIpc) is 2.93. The molecular weight excluding hydrogens is 291 g/mol. The highest BCUT2D eigenvalue weighted by molar-refractivity contribution is 8.13. The standard InChI is InChI=1S/C7H6.C6H4Cl2O2S/c1-2-7-4-3-6(1)5-7;7-5-2-1-3-6(4-5)11(8,9)10/h1-4H,5H2;1-4H. The van der Waals surface area contributed by atoms with Gasteiger partial charge in [-0.3, -0.25) is 0 Å². The fraction of sp³-hybridized carbons (Fsp3) is 0.0769. The Hall–Kier alpha value is -1.03. The van der Waals surface area contributed by atoms with Crippen LogP contribution in [0, 0.1) is 0 Å². The molecule has 0 aliphatic heterocycles. The number of allylic oxidation sites excluding steroid dienone is 6. The maximum Gasteiger partial charge on any atom is 0.261 e. The van der Waals surface area contributed by atoms with Gasteiger partial charge in [-0.2, -0.15) is 0 Å². The average molecular weight is 301 g/mol. The van der Waals surface area contributed by atoms with Crippen molar-refractivity contribution in [2.24, 2.45) is 0 Å². The van der Waals surface area contributed by atoms with E-state index in [4.69, 9.17) is 22.3 Å². The van der Waals surface area contributed by atoms with Gasteiger partial charge in [-0.25, -0.2) is 8.42 Å². The van der Waals surface area contributed by atoms with Gasteiger partial charge in [-0.05, 0) is 35.8 Å². The van der Waals surface area contributed by atoms with Crippen LogP contribution in [0.4, 0.5) is 0 Å². The van der Waals surface area contributed by atoms with E-state index in [9.17, 15) is 8.42 Å². The van der Waals surface area contributed by atoms with Crippen molar-refractivity contribution >= 4 is 31.3 Å². The molecule has 0 saturated heterocycles. The van der Waals surface area contributed by atoms with Crippen LogP contribution in [0.1, 0.15) is 6.42 Å². The monoisotopic (exact) mass is 300 g/mol. The molecule has 2 aliphatic rings. The summed E-state index contributed by atoms with van der Waals surface area (Å²) in [5.41, 5.74) is 2.94. The van der Waals surface area contributed by atoms with Crippen molar-refractivity contribution < 1.29 is 8.42 Å². The summed E-state index contributed by atoms with van der Waals surface area (Å²) in [5.74, 6) is 0. The minimum atomic E-state index is -3.64. The van der Waals surface area contributed by atoms with Crippen LogP contribution < -0.4 is 0 Å². The molecule has 0 N–H and O–H groups in total. The van der Waals surface area contributed by atoms with Crippen LogP contribution in [0.2, 0.25) is 5.02 Å². The molecule has 0 saturated carbocycles. The summed E-state index contributed by atoms with van der Waals surface area (Å²) in [6, 6.07) is 5.78. The van der Waals surface area contributed by atoms with E-state index < -0.39 is 9.05 Å². The summed E-state index contributed by atoms with van der Waals surface area (Å²) < 4.78 is 21.4. The van der Waals surface area contributed by atoms with Gasteiger partial charge in [0, 0.05) is 15.7 Å². The first-order valence-electron chi connectivity index (χ1n) is 5.23. The van der Waals surface area contributed by atoms with Gasteiger partial charge in [-0.15, -0.1) is 0 Å². The summed E-state index contributed by atoms with van der Waals surface area (Å²) in [6.07, 6.45) is 9.90. The molecule has 1 aromatic carbocycles. The van der Waals surface area contributed by atoms with E-state index >= 15 is 0 Å². The van der Waals surface area contributed by atoms with Gasteiger partial charge in [0.15, 0.2) is 0 Å². The second kappa shape index (κ2) is 5.31. The summed E-state index contributed by atoms with van der Waals surface area (Å²) >= 11 is 5.53. The van der Waals surface area contributed by atoms with Gasteiger partial charge in [-0.1, -0.05) is 42.0 Å². The molecule has 94 valence electrons. The predicted octanol–water partition coefficient (Wildman–Crippen LogP) is 4.08. The fourth-order valence-electron chi connectivity index (χ4n) is 1.63. The lowest BCUT2D eigenvalue weighted by Gasteiger charge is -1.94. The number of hydrogen-bond donors (Lipinski definition) is 0. The predicted molar refractivity (Wildman–Crippen MR) is 74.4 cm³/mol. The first-order chi connectivity index (χ1) is 8.45. The molecule has 2 aliphatic carbocycles. The van der Waals surface area contributed by atoms with E-state index in [0.717, 1.165) is 0 Å². The van der Waals surface area contributed by atoms with Gasteiger partial charge in [0.25, 0.3) is 9.05 Å². The normalized spacial score (nSPS) is 15.9. The number of benzene rings is 1. The number of fused-ring (bicyclic) bond motifs is 2. The second-order valence-electron chi connectivity index (χ2n) is 3.89. The molecule has 18 heavy (non-hydrogen) atoms. The molecule has 0 amide bonds. The van der Waals surface area contributed by atoms with Crippen LogP contribution in [0.15, 0.2) is 64.6 Å². The second-order valence-corrected chi connectivity index (χ2v) is 6.89. The van der Waals surface area contributed by atoms with E-state index in [0.29, 0.717) is 5.02 Å². The van der Waals surface area contributed by atoms with E-state index in [-0.39, 0.29) is 4.90 Å². The highest BCUT2D eigenvalue weighted by Gasteiger charge is 2.09. The zero-order valence-electron chi connectivity index (χ0n) is 9.31. The molecule has 0 heterocycles. The fourth-order valence-corrected chi connectivity index (χ4v) is 2.68. The lowest BCUT2D eigenvalue weighted by atomic mass is 10.3. The zero-order chi connectivity index (χ0) is 13.2. The van der Waals surface area contributed by atoms with Gasteiger partial charge in [0.1, 0.15) is 0 Å². The summed E-state index contributed by atoms with van der Waals surface area (Å²) in [7, 11) is 1.41. The number of hydrogen-bond acceptors (Lipinski definition) is 2. The summed E-state index contributed by atoms with van der Waals surface area (Å²) in [6.45, 7) is 0. The van der Waals surface area contributed by atoms with Crippen LogP contribution in [0.3, 0.4) is 0 Å². The Labute approximate surface area is 116 Å². The van der Waals surface area contributed by atoms with Crippen LogP contribution in [0.5, 0.6) is 0 Å². The molecule has 0 radical (unpaired) electrons. The van der Waals surface area contributed by atoms with E-state index in [1.54, 1.807) is 6.07 Å². The van der Waals surface area contributed by atoms with Crippen molar-refractivity contribution in [1.82, 2.24) is 0 Å². The molecule has 2 bridgehead atoms. The SMILES string of the molecule is C1=CC2=CC=C1C2.O=S(=O)(Cl)c1cccc(Cl)c1. The molecule has 5 heteroatoms. The highest BCUT2D eigenvalue weighted by Crippen LogP contribution is 2.27. The molecule has 0 atom stereocenters. The van der Waals surface area contributed by atoms with Crippen LogP contribution >= 0.6 is 22.3 Å². The van der Waals surface area contributed by atoms with Gasteiger partial charge in [0.2, 0.25) is 0 Å². The van der Waals surface area contributed by atoms with Gasteiger partial charge < -0.3 is 0 Å². The smallest absolute Gasteiger partial charge is 0.207 e. The Morgan fingerprint density at radius 1 is 1.06 bits per heavy atom. The topological polar surface area (TPSA) is 34.1 Å². The minimum absolute atomic E-state index is 0.0201. The molecule has 0 unspecified atom stereocenters. The Balaban J connectivity index is 0.000000146. The lowest BCUT2D eigenvalue weighted by Crippen LogP contribution is -1.88. The van der Waals surface area contributed by atoms with Crippen molar-refractivity contribution in [2.45, 2.75) is 11.3 Å². The van der Waals surface area contributed by atoms with Crippen molar-refractivity contribution in [3.05, 3.63) is 64.7 Å². The number of halogens is 2. The van der Waals surface area contributed by atoms with Crippen molar-refractivity contribution in [3.8, 4) is 0 Å². The highest BCUT2D eigenvalue weighted by atomic mass is 35.7. The lowest BCUT2D eigenvalue weighted by molar-refractivity contribution is 0.609. The van der Waals surface area contributed by atoms with E-state index in [2.05, 4.69) is 24.3 Å². The van der Waals surface area contributed by atoms with Crippen LogP contribution in [-0.2, 0) is 9.05 Å². The summed E-state index contributed by atoms with van der Waals surface area (Å²) in [4.78, 5) is 0.0201. The van der Waals surface area contributed by atoms with Crippen molar-refractivity contribution in [1.29, 1.82) is 0 Å². The minimum Gasteiger partial charge on any atom is -0.207 e. The maximum absolute atomic E-state index is 10.7. The first-order valence-corrected chi connectivity index (χ1v) is 7.92. The molecule has 2 nitrogen and oxygen atoms in total.